The second-order valence-electron chi connectivity index (χ2n) is 10.0. The molecule has 0 amide bonds. The molecule has 0 bridgehead atoms. The molecule has 152 valence electrons. The van der Waals surface area contributed by atoms with E-state index in [0.717, 1.165) is 32.1 Å². The summed E-state index contributed by atoms with van der Waals surface area (Å²) < 4.78 is 5.05. The van der Waals surface area contributed by atoms with Gasteiger partial charge in [-0.1, -0.05) is 38.0 Å². The van der Waals surface area contributed by atoms with E-state index >= 15 is 0 Å². The van der Waals surface area contributed by atoms with Gasteiger partial charge in [0.05, 0.1) is 0 Å². The Morgan fingerprint density at radius 2 is 2.00 bits per heavy atom. The zero-order chi connectivity index (χ0) is 20.3. The first-order chi connectivity index (χ1) is 13.2. The summed E-state index contributed by atoms with van der Waals surface area (Å²) in [5, 5.41) is 0. The Kier molecular flexibility index (Phi) is 4.67. The lowest BCUT2D eigenvalue weighted by Crippen LogP contribution is -2.46. The lowest BCUT2D eigenvalue weighted by atomic mass is 9.51. The second kappa shape index (κ2) is 6.67. The van der Waals surface area contributed by atoms with Crippen molar-refractivity contribution in [3.63, 3.8) is 0 Å². The van der Waals surface area contributed by atoms with Crippen molar-refractivity contribution in [3.05, 3.63) is 23.3 Å². The van der Waals surface area contributed by atoms with Gasteiger partial charge in [0.2, 0.25) is 0 Å². The Hall–Kier alpha value is -1.71. The second-order valence-corrected chi connectivity index (χ2v) is 10.0. The average Bonchev–Trinajstić information content (AvgIpc) is 2.90. The molecule has 4 unspecified atom stereocenters. The highest BCUT2D eigenvalue weighted by Crippen LogP contribution is 2.65. The molecule has 2 fully saturated rings. The molecule has 4 heteroatoms. The molecule has 0 aromatic rings. The van der Waals surface area contributed by atoms with E-state index in [-0.39, 0.29) is 34.9 Å². The number of hydrogen-bond donors (Lipinski definition) is 0. The molecule has 4 aliphatic carbocycles. The molecule has 28 heavy (non-hydrogen) atoms. The van der Waals surface area contributed by atoms with E-state index in [4.69, 9.17) is 4.74 Å². The van der Waals surface area contributed by atoms with Gasteiger partial charge in [-0.25, -0.2) is 0 Å². The summed E-state index contributed by atoms with van der Waals surface area (Å²) in [5.74, 6) is 1.22. The third-order valence-corrected chi connectivity index (χ3v) is 8.44. The molecule has 0 aliphatic heterocycles. The van der Waals surface area contributed by atoms with Crippen LogP contribution in [0.25, 0.3) is 0 Å². The van der Waals surface area contributed by atoms with Crippen LogP contribution >= 0.6 is 0 Å². The van der Waals surface area contributed by atoms with Gasteiger partial charge in [0.15, 0.2) is 11.6 Å². The predicted octanol–water partition coefficient (Wildman–Crippen LogP) is 4.43. The van der Waals surface area contributed by atoms with Gasteiger partial charge in [0, 0.05) is 24.7 Å². The van der Waals surface area contributed by atoms with E-state index in [1.807, 2.05) is 6.08 Å². The minimum absolute atomic E-state index is 0.0290. The summed E-state index contributed by atoms with van der Waals surface area (Å²) in [6.45, 7) is 8.06. The largest absolute Gasteiger partial charge is 0.458 e. The van der Waals surface area contributed by atoms with Crippen LogP contribution in [0, 0.1) is 34.5 Å². The number of Topliss-reactive ketones (excluding diaryl/α,β-unsaturated/α-hetero) is 1. The lowest BCUT2D eigenvalue weighted by Gasteiger charge is -2.53. The lowest BCUT2D eigenvalue weighted by molar-refractivity contribution is -0.148. The Morgan fingerprint density at radius 3 is 2.71 bits per heavy atom. The standard InChI is InChI=1S/C24H32O4/c1-14-11-20-18-6-5-16-12-17(26)7-9-23(16,3)19(18)8-10-24(20,4)22(14)21(27)13-28-15(2)25/h8,12,14,18,20,22H,5-7,9-11,13H2,1-4H3/t14?,18?,20?,22-,23+,24?/m1/s1. The third kappa shape index (κ3) is 2.83. The van der Waals surface area contributed by atoms with E-state index < -0.39 is 5.97 Å². The summed E-state index contributed by atoms with van der Waals surface area (Å²) >= 11 is 0. The molecule has 4 rings (SSSR count). The van der Waals surface area contributed by atoms with Crippen LogP contribution in [0.1, 0.15) is 66.2 Å². The molecule has 0 radical (unpaired) electrons. The number of carbonyl (C=O) groups excluding carboxylic acids is 3. The number of esters is 1. The van der Waals surface area contributed by atoms with E-state index in [2.05, 4.69) is 26.8 Å². The van der Waals surface area contributed by atoms with Crippen LogP contribution in [0.4, 0.5) is 0 Å². The fourth-order valence-electron chi connectivity index (χ4n) is 7.17. The van der Waals surface area contributed by atoms with Crippen molar-refractivity contribution in [2.45, 2.75) is 66.2 Å². The van der Waals surface area contributed by atoms with Crippen LogP contribution in [-0.2, 0) is 19.1 Å². The summed E-state index contributed by atoms with van der Waals surface area (Å²) in [6.07, 6.45) is 9.94. The Balaban J connectivity index is 1.65. The number of carbonyl (C=O) groups is 3. The number of rotatable bonds is 3. The first-order valence-electron chi connectivity index (χ1n) is 10.8. The summed E-state index contributed by atoms with van der Waals surface area (Å²) in [4.78, 5) is 36.1. The van der Waals surface area contributed by atoms with Crippen LogP contribution in [-0.4, -0.2) is 24.1 Å². The quantitative estimate of drug-likeness (QED) is 0.533. The first kappa shape index (κ1) is 19.6. The molecule has 0 spiro atoms. The molecule has 0 saturated heterocycles. The molecule has 0 aromatic heterocycles. The normalized spacial score (nSPS) is 41.9. The van der Waals surface area contributed by atoms with Gasteiger partial charge in [-0.15, -0.1) is 0 Å². The highest BCUT2D eigenvalue weighted by molar-refractivity contribution is 5.92. The van der Waals surface area contributed by atoms with Gasteiger partial charge >= 0.3 is 5.97 Å². The zero-order valence-electron chi connectivity index (χ0n) is 17.5. The van der Waals surface area contributed by atoms with Gasteiger partial charge in [-0.3, -0.25) is 14.4 Å². The van der Waals surface area contributed by atoms with Crippen molar-refractivity contribution >= 4 is 17.5 Å². The number of ketones is 2. The fraction of sp³-hybridized carbons (Fsp3) is 0.708. The molecular weight excluding hydrogens is 352 g/mol. The minimum Gasteiger partial charge on any atom is -0.458 e. The van der Waals surface area contributed by atoms with Crippen LogP contribution in [0.2, 0.25) is 0 Å². The van der Waals surface area contributed by atoms with E-state index in [1.165, 1.54) is 18.1 Å². The van der Waals surface area contributed by atoms with Crippen LogP contribution in [0.3, 0.4) is 0 Å². The number of ether oxygens (including phenoxy) is 1. The fourth-order valence-corrected chi connectivity index (χ4v) is 7.17. The third-order valence-electron chi connectivity index (χ3n) is 8.44. The van der Waals surface area contributed by atoms with Crippen molar-refractivity contribution in [1.82, 2.24) is 0 Å². The van der Waals surface area contributed by atoms with Crippen molar-refractivity contribution in [1.29, 1.82) is 0 Å². The Morgan fingerprint density at radius 1 is 1.25 bits per heavy atom. The highest BCUT2D eigenvalue weighted by atomic mass is 16.5. The maximum atomic E-state index is 13.0. The maximum Gasteiger partial charge on any atom is 0.303 e. The summed E-state index contributed by atoms with van der Waals surface area (Å²) in [5.41, 5.74) is 2.82. The van der Waals surface area contributed by atoms with Gasteiger partial charge in [0.25, 0.3) is 0 Å². The molecule has 0 N–H and O–H groups in total. The molecule has 2 saturated carbocycles. The number of hydrogen-bond acceptors (Lipinski definition) is 4. The maximum absolute atomic E-state index is 13.0. The first-order valence-corrected chi connectivity index (χ1v) is 10.8. The number of allylic oxidation sites excluding steroid dienone is 4. The van der Waals surface area contributed by atoms with Gasteiger partial charge < -0.3 is 4.74 Å². The SMILES string of the molecule is CC(=O)OCC(=O)[C@H]1C(C)CC2C3CCC4=CC(=O)CC[C@]4(C)C3=CCC21C. The van der Waals surface area contributed by atoms with Crippen LogP contribution < -0.4 is 0 Å². The van der Waals surface area contributed by atoms with Gasteiger partial charge in [-0.2, -0.15) is 0 Å². The predicted molar refractivity (Wildman–Crippen MR) is 106 cm³/mol. The molecule has 4 nitrogen and oxygen atoms in total. The Bertz CT molecular complexity index is 790. The smallest absolute Gasteiger partial charge is 0.303 e. The van der Waals surface area contributed by atoms with Crippen LogP contribution in [0.15, 0.2) is 23.3 Å². The van der Waals surface area contributed by atoms with Crippen molar-refractivity contribution in [2.24, 2.45) is 34.5 Å². The van der Waals surface area contributed by atoms with Crippen LogP contribution in [0.5, 0.6) is 0 Å². The minimum atomic E-state index is -0.391. The van der Waals surface area contributed by atoms with Gasteiger partial charge in [0.1, 0.15) is 6.61 Å². The topological polar surface area (TPSA) is 60.4 Å². The Labute approximate surface area is 167 Å². The molecule has 0 heterocycles. The summed E-state index contributed by atoms with van der Waals surface area (Å²) in [7, 11) is 0. The van der Waals surface area contributed by atoms with Crippen molar-refractivity contribution in [2.75, 3.05) is 6.61 Å². The molecule has 0 aromatic carbocycles. The summed E-state index contributed by atoms with van der Waals surface area (Å²) in [6, 6.07) is 0. The van der Waals surface area contributed by atoms with Crippen molar-refractivity contribution < 1.29 is 19.1 Å². The average molecular weight is 385 g/mol. The van der Waals surface area contributed by atoms with E-state index in [1.54, 1.807) is 0 Å². The number of fused-ring (bicyclic) bond motifs is 5. The van der Waals surface area contributed by atoms with E-state index in [9.17, 15) is 14.4 Å². The van der Waals surface area contributed by atoms with Gasteiger partial charge in [-0.05, 0) is 61.3 Å². The molecule has 4 aliphatic rings. The monoisotopic (exact) mass is 384 g/mol. The highest BCUT2D eigenvalue weighted by Gasteiger charge is 2.59. The molecule has 6 atom stereocenters. The van der Waals surface area contributed by atoms with Crippen molar-refractivity contribution in [3.8, 4) is 0 Å². The zero-order valence-corrected chi connectivity index (χ0v) is 17.5. The van der Waals surface area contributed by atoms with E-state index in [0.29, 0.717) is 24.2 Å². The molecular formula is C24H32O4.